The molecule has 1 aliphatic rings. The molecule has 1 fully saturated rings. The number of rotatable bonds is 4. The van der Waals surface area contributed by atoms with Gasteiger partial charge in [-0.1, -0.05) is 6.07 Å². The van der Waals surface area contributed by atoms with E-state index in [1.807, 2.05) is 32.9 Å². The molecule has 7 heteroatoms. The van der Waals surface area contributed by atoms with Crippen molar-refractivity contribution in [2.45, 2.75) is 44.6 Å². The molecule has 6 nitrogen and oxygen atoms in total. The molecule has 0 amide bonds. The number of sulfonamides is 1. The number of hydrogen-bond acceptors (Lipinski definition) is 5. The van der Waals surface area contributed by atoms with Crippen molar-refractivity contribution in [2.24, 2.45) is 0 Å². The van der Waals surface area contributed by atoms with Gasteiger partial charge in [0.1, 0.15) is 6.10 Å². The fourth-order valence-corrected chi connectivity index (χ4v) is 4.46. The third-order valence-corrected chi connectivity index (χ3v) is 6.38. The van der Waals surface area contributed by atoms with E-state index in [-0.39, 0.29) is 6.10 Å². The van der Waals surface area contributed by atoms with E-state index in [0.717, 1.165) is 29.7 Å². The van der Waals surface area contributed by atoms with E-state index in [1.54, 1.807) is 18.2 Å². The van der Waals surface area contributed by atoms with Crippen molar-refractivity contribution in [2.75, 3.05) is 13.1 Å². The molecule has 1 aromatic heterocycles. The molecule has 25 heavy (non-hydrogen) atoms. The lowest BCUT2D eigenvalue weighted by Gasteiger charge is -2.31. The second kappa shape index (κ2) is 7.09. The Morgan fingerprint density at radius 1 is 1.08 bits per heavy atom. The molecule has 1 aliphatic heterocycles. The Bertz CT molecular complexity index is 850. The summed E-state index contributed by atoms with van der Waals surface area (Å²) in [4.78, 5) is 0.339. The highest BCUT2D eigenvalue weighted by molar-refractivity contribution is 7.89. The van der Waals surface area contributed by atoms with Crippen molar-refractivity contribution in [3.05, 3.63) is 47.2 Å². The van der Waals surface area contributed by atoms with Crippen molar-refractivity contribution in [3.63, 3.8) is 0 Å². The van der Waals surface area contributed by atoms with Crippen LogP contribution in [-0.4, -0.2) is 42.1 Å². The van der Waals surface area contributed by atoms with Crippen LogP contribution >= 0.6 is 0 Å². The Kier molecular flexibility index (Phi) is 5.06. The standard InChI is InChI=1S/C18H23N3O3S/c1-13-6-8-17(11-14(13)2)25(22,23)21-10-4-5-16(12-21)24-18-9-7-15(3)19-20-18/h6-9,11,16H,4-5,10,12H2,1-3H3. The fraction of sp³-hybridized carbons (Fsp3) is 0.444. The number of aryl methyl sites for hydroxylation is 3. The molecule has 0 saturated carbocycles. The number of piperidine rings is 1. The maximum absolute atomic E-state index is 12.9. The highest BCUT2D eigenvalue weighted by Crippen LogP contribution is 2.24. The highest BCUT2D eigenvalue weighted by atomic mass is 32.2. The van der Waals surface area contributed by atoms with Crippen LogP contribution in [0.5, 0.6) is 5.88 Å². The fourth-order valence-electron chi connectivity index (χ4n) is 2.86. The molecule has 1 atom stereocenters. The zero-order valence-electron chi connectivity index (χ0n) is 14.8. The van der Waals surface area contributed by atoms with Crippen LogP contribution in [0.4, 0.5) is 0 Å². The zero-order valence-corrected chi connectivity index (χ0v) is 15.6. The smallest absolute Gasteiger partial charge is 0.243 e. The number of hydrogen-bond donors (Lipinski definition) is 0. The quantitative estimate of drug-likeness (QED) is 0.837. The molecule has 134 valence electrons. The number of aromatic nitrogens is 2. The lowest BCUT2D eigenvalue weighted by Crippen LogP contribution is -2.44. The van der Waals surface area contributed by atoms with Crippen LogP contribution in [0, 0.1) is 20.8 Å². The van der Waals surface area contributed by atoms with Crippen molar-refractivity contribution < 1.29 is 13.2 Å². The van der Waals surface area contributed by atoms with Gasteiger partial charge < -0.3 is 4.74 Å². The van der Waals surface area contributed by atoms with E-state index in [1.165, 1.54) is 4.31 Å². The van der Waals surface area contributed by atoms with Crippen LogP contribution in [0.15, 0.2) is 35.2 Å². The molecule has 3 rings (SSSR count). The first-order valence-corrected chi connectivity index (χ1v) is 9.84. The third-order valence-electron chi connectivity index (χ3n) is 4.52. The van der Waals surface area contributed by atoms with Gasteiger partial charge >= 0.3 is 0 Å². The SMILES string of the molecule is Cc1ccc(OC2CCCN(S(=O)(=O)c3ccc(C)c(C)c3)C2)nn1. The minimum Gasteiger partial charge on any atom is -0.472 e. The van der Waals surface area contributed by atoms with Gasteiger partial charge in [0.25, 0.3) is 0 Å². The topological polar surface area (TPSA) is 72.4 Å². The van der Waals surface area contributed by atoms with Gasteiger partial charge in [-0.05, 0) is 62.9 Å². The van der Waals surface area contributed by atoms with Gasteiger partial charge in [-0.25, -0.2) is 8.42 Å². The Labute approximate surface area is 148 Å². The molecule has 2 heterocycles. The van der Waals surface area contributed by atoms with Crippen molar-refractivity contribution in [1.29, 1.82) is 0 Å². The van der Waals surface area contributed by atoms with Gasteiger partial charge in [0.05, 0.1) is 17.1 Å². The summed E-state index contributed by atoms with van der Waals surface area (Å²) < 4.78 is 33.2. The molecule has 2 aromatic rings. The van der Waals surface area contributed by atoms with Crippen LogP contribution in [0.25, 0.3) is 0 Å². The Balaban J connectivity index is 1.75. The monoisotopic (exact) mass is 361 g/mol. The Morgan fingerprint density at radius 3 is 2.56 bits per heavy atom. The van der Waals surface area contributed by atoms with E-state index in [4.69, 9.17) is 4.74 Å². The first-order valence-electron chi connectivity index (χ1n) is 8.40. The first kappa shape index (κ1) is 17.8. The predicted octanol–water partition coefficient (Wildman–Crippen LogP) is 2.63. The van der Waals surface area contributed by atoms with Crippen LogP contribution in [-0.2, 0) is 10.0 Å². The second-order valence-electron chi connectivity index (χ2n) is 6.50. The molecule has 0 aliphatic carbocycles. The molecule has 1 aromatic carbocycles. The average Bonchev–Trinajstić information content (AvgIpc) is 2.59. The van der Waals surface area contributed by atoms with Gasteiger partial charge in [-0.2, -0.15) is 9.40 Å². The maximum atomic E-state index is 12.9. The summed E-state index contributed by atoms with van der Waals surface area (Å²) in [5.74, 6) is 0.432. The molecule has 0 N–H and O–H groups in total. The molecule has 1 saturated heterocycles. The van der Waals surface area contributed by atoms with Crippen LogP contribution in [0.3, 0.4) is 0 Å². The van der Waals surface area contributed by atoms with Gasteiger partial charge in [-0.3, -0.25) is 0 Å². The lowest BCUT2D eigenvalue weighted by atomic mass is 10.1. The Morgan fingerprint density at radius 2 is 1.88 bits per heavy atom. The molecule has 1 unspecified atom stereocenters. The van der Waals surface area contributed by atoms with Crippen molar-refractivity contribution in [3.8, 4) is 5.88 Å². The van der Waals surface area contributed by atoms with E-state index >= 15 is 0 Å². The maximum Gasteiger partial charge on any atom is 0.243 e. The molecule has 0 spiro atoms. The summed E-state index contributed by atoms with van der Waals surface area (Å²) >= 11 is 0. The highest BCUT2D eigenvalue weighted by Gasteiger charge is 2.31. The van der Waals surface area contributed by atoms with Crippen molar-refractivity contribution >= 4 is 10.0 Å². The summed E-state index contributed by atoms with van der Waals surface area (Å²) in [6.07, 6.45) is 1.34. The molecular weight excluding hydrogens is 338 g/mol. The van der Waals surface area contributed by atoms with Gasteiger partial charge in [0.2, 0.25) is 15.9 Å². The molecular formula is C18H23N3O3S. The first-order chi connectivity index (χ1) is 11.9. The van der Waals surface area contributed by atoms with Crippen LogP contribution in [0.2, 0.25) is 0 Å². The van der Waals surface area contributed by atoms with E-state index in [9.17, 15) is 8.42 Å². The summed E-state index contributed by atoms with van der Waals surface area (Å²) in [5.41, 5.74) is 2.87. The lowest BCUT2D eigenvalue weighted by molar-refractivity contribution is 0.123. The summed E-state index contributed by atoms with van der Waals surface area (Å²) in [6.45, 7) is 6.58. The minimum absolute atomic E-state index is 0.216. The van der Waals surface area contributed by atoms with Crippen LogP contribution < -0.4 is 4.74 Å². The van der Waals surface area contributed by atoms with E-state index in [2.05, 4.69) is 10.2 Å². The summed E-state index contributed by atoms with van der Waals surface area (Å²) in [6, 6.07) is 8.85. The average molecular weight is 361 g/mol. The number of ether oxygens (including phenoxy) is 1. The van der Waals surface area contributed by atoms with Gasteiger partial charge in [0, 0.05) is 12.6 Å². The number of nitrogens with zero attached hydrogens (tertiary/aromatic N) is 3. The predicted molar refractivity (Wildman–Crippen MR) is 95.1 cm³/mol. The summed E-state index contributed by atoms with van der Waals surface area (Å²) in [5, 5.41) is 7.97. The zero-order chi connectivity index (χ0) is 18.0. The molecule has 0 radical (unpaired) electrons. The van der Waals surface area contributed by atoms with E-state index < -0.39 is 10.0 Å². The largest absolute Gasteiger partial charge is 0.472 e. The summed E-state index contributed by atoms with van der Waals surface area (Å²) in [7, 11) is -3.52. The van der Waals surface area contributed by atoms with E-state index in [0.29, 0.717) is 23.9 Å². The van der Waals surface area contributed by atoms with Gasteiger partial charge in [0.15, 0.2) is 0 Å². The molecule has 0 bridgehead atoms. The van der Waals surface area contributed by atoms with Crippen LogP contribution in [0.1, 0.15) is 29.7 Å². The Hall–Kier alpha value is -1.99. The van der Waals surface area contributed by atoms with Crippen molar-refractivity contribution in [1.82, 2.24) is 14.5 Å². The minimum atomic E-state index is -3.52. The van der Waals surface area contributed by atoms with Gasteiger partial charge in [-0.15, -0.1) is 5.10 Å². The third kappa shape index (κ3) is 3.99. The second-order valence-corrected chi connectivity index (χ2v) is 8.44. The number of benzene rings is 1. The normalized spacial score (nSPS) is 18.9.